The monoisotopic (exact) mass is 563 g/mol. The lowest BCUT2D eigenvalue weighted by atomic mass is 9.62. The third kappa shape index (κ3) is 4.24. The van der Waals surface area contributed by atoms with E-state index in [0.29, 0.717) is 0 Å². The lowest BCUT2D eigenvalue weighted by Crippen LogP contribution is -2.36. The van der Waals surface area contributed by atoms with Gasteiger partial charge in [0.2, 0.25) is 0 Å². The van der Waals surface area contributed by atoms with Crippen LogP contribution in [-0.2, 0) is 5.41 Å². The molecule has 8 rings (SSSR count). The summed E-state index contributed by atoms with van der Waals surface area (Å²) in [6.07, 6.45) is 8.18. The van der Waals surface area contributed by atoms with Gasteiger partial charge in [-0.15, -0.1) is 0 Å². The predicted molar refractivity (Wildman–Crippen MR) is 184 cm³/mol. The van der Waals surface area contributed by atoms with Gasteiger partial charge < -0.3 is 4.90 Å². The Morgan fingerprint density at radius 2 is 0.977 bits per heavy atom. The number of allylic oxidation sites excluding steroid dienone is 3. The largest absolute Gasteiger partial charge is 0.311 e. The Morgan fingerprint density at radius 3 is 1.57 bits per heavy atom. The molecule has 0 aliphatic heterocycles. The minimum atomic E-state index is -0.262. The maximum absolute atomic E-state index is 2.47. The fourth-order valence-corrected chi connectivity index (χ4v) is 7.45. The number of nitrogens with zero attached hydrogens (tertiary/aromatic N) is 1. The van der Waals surface area contributed by atoms with Crippen LogP contribution in [0, 0.1) is 5.92 Å². The highest BCUT2D eigenvalue weighted by molar-refractivity contribution is 5.84. The second-order valence-corrected chi connectivity index (χ2v) is 11.7. The number of fused-ring (bicyclic) bond motifs is 3. The Balaban J connectivity index is 1.22. The topological polar surface area (TPSA) is 3.24 Å². The minimum absolute atomic E-state index is 0.261. The summed E-state index contributed by atoms with van der Waals surface area (Å²) in [6.45, 7) is 0. The van der Waals surface area contributed by atoms with Crippen LogP contribution >= 0.6 is 0 Å². The highest BCUT2D eigenvalue weighted by Crippen LogP contribution is 2.58. The van der Waals surface area contributed by atoms with E-state index < -0.39 is 0 Å². The molecule has 0 radical (unpaired) electrons. The van der Waals surface area contributed by atoms with Crippen LogP contribution in [-0.4, -0.2) is 0 Å². The van der Waals surface area contributed by atoms with Crippen molar-refractivity contribution in [3.63, 3.8) is 0 Å². The molecule has 1 atom stereocenters. The van der Waals surface area contributed by atoms with E-state index in [4.69, 9.17) is 0 Å². The van der Waals surface area contributed by atoms with Crippen LogP contribution in [0.2, 0.25) is 0 Å². The average molecular weight is 564 g/mol. The lowest BCUT2D eigenvalue weighted by molar-refractivity contribution is 0.456. The Morgan fingerprint density at radius 1 is 0.477 bits per heavy atom. The molecule has 0 spiro atoms. The molecule has 0 saturated heterocycles. The van der Waals surface area contributed by atoms with Crippen molar-refractivity contribution in [2.45, 2.75) is 11.8 Å². The van der Waals surface area contributed by atoms with Gasteiger partial charge in [-0.3, -0.25) is 0 Å². The van der Waals surface area contributed by atoms with E-state index in [0.717, 1.165) is 17.8 Å². The predicted octanol–water partition coefficient (Wildman–Crippen LogP) is 11.0. The minimum Gasteiger partial charge on any atom is -0.311 e. The summed E-state index contributed by atoms with van der Waals surface area (Å²) in [6, 6.07) is 59.4. The highest BCUT2D eigenvalue weighted by atomic mass is 15.1. The number of anilines is 2. The number of rotatable bonds is 6. The summed E-state index contributed by atoms with van der Waals surface area (Å²) in [5.41, 5.74) is 12.5. The zero-order valence-electron chi connectivity index (χ0n) is 24.6. The van der Waals surface area contributed by atoms with Crippen molar-refractivity contribution in [3.8, 4) is 22.3 Å². The molecule has 210 valence electrons. The number of hydrogen-bond donors (Lipinski definition) is 0. The van der Waals surface area contributed by atoms with Crippen LogP contribution in [0.1, 0.15) is 23.1 Å². The maximum atomic E-state index is 2.47. The zero-order chi connectivity index (χ0) is 29.3. The van der Waals surface area contributed by atoms with Gasteiger partial charge in [0.15, 0.2) is 0 Å². The van der Waals surface area contributed by atoms with E-state index in [2.05, 4.69) is 187 Å². The Labute approximate surface area is 260 Å². The van der Waals surface area contributed by atoms with Gasteiger partial charge in [0.25, 0.3) is 0 Å². The molecule has 6 aromatic rings. The first-order valence-corrected chi connectivity index (χ1v) is 15.5. The molecular weight excluding hydrogens is 530 g/mol. The van der Waals surface area contributed by atoms with Crippen LogP contribution in [0.15, 0.2) is 188 Å². The number of hydrogen-bond acceptors (Lipinski definition) is 1. The quantitative estimate of drug-likeness (QED) is 0.195. The molecule has 0 amide bonds. The molecule has 0 heterocycles. The number of para-hydroxylation sites is 1. The SMILES string of the molecule is C1=CC(C2(c3ccccc3)c3ccccc3-c3ccccc32)CC=C1N(c1ccccc1)c1ccc(-c2ccccc2)cc1. The Kier molecular flexibility index (Phi) is 6.57. The molecule has 2 aliphatic rings. The van der Waals surface area contributed by atoms with Gasteiger partial charge in [-0.1, -0.05) is 152 Å². The van der Waals surface area contributed by atoms with Gasteiger partial charge in [0.1, 0.15) is 0 Å². The standard InChI is InChI=1S/C43H33N/c1-4-14-32(15-5-1)33-24-28-37(29-25-33)44(36-18-8-3-9-19-36)38-30-26-35(27-31-38)43(34-16-6-2-7-17-34)41-22-12-10-20-39(41)40-21-11-13-23-42(40)43/h1-26,28-31,35H,27H2. The van der Waals surface area contributed by atoms with Crippen molar-refractivity contribution in [1.82, 2.24) is 0 Å². The van der Waals surface area contributed by atoms with Crippen LogP contribution in [0.3, 0.4) is 0 Å². The fraction of sp³-hybridized carbons (Fsp3) is 0.0698. The van der Waals surface area contributed by atoms with E-state index in [1.165, 1.54) is 44.6 Å². The summed E-state index contributed by atoms with van der Waals surface area (Å²) < 4.78 is 0. The van der Waals surface area contributed by atoms with Gasteiger partial charge in [-0.2, -0.15) is 0 Å². The van der Waals surface area contributed by atoms with Crippen molar-refractivity contribution in [2.75, 3.05) is 4.90 Å². The van der Waals surface area contributed by atoms with Gasteiger partial charge in [0.05, 0.1) is 5.41 Å². The van der Waals surface area contributed by atoms with Crippen LogP contribution in [0.4, 0.5) is 11.4 Å². The molecular formula is C43H33N. The smallest absolute Gasteiger partial charge is 0.0529 e. The average Bonchev–Trinajstić information content (AvgIpc) is 3.41. The molecule has 0 N–H and O–H groups in total. The lowest BCUT2D eigenvalue weighted by Gasteiger charge is -2.40. The maximum Gasteiger partial charge on any atom is 0.0529 e. The third-order valence-electron chi connectivity index (χ3n) is 9.36. The van der Waals surface area contributed by atoms with Crippen LogP contribution in [0.5, 0.6) is 0 Å². The second kappa shape index (κ2) is 11.0. The Hall–Kier alpha value is -5.40. The van der Waals surface area contributed by atoms with Crippen molar-refractivity contribution in [1.29, 1.82) is 0 Å². The Bertz CT molecular complexity index is 1920. The van der Waals surface area contributed by atoms with E-state index >= 15 is 0 Å². The van der Waals surface area contributed by atoms with Gasteiger partial charge in [-0.05, 0) is 81.6 Å². The first kappa shape index (κ1) is 26.2. The molecule has 1 heteroatoms. The van der Waals surface area contributed by atoms with E-state index in [9.17, 15) is 0 Å². The van der Waals surface area contributed by atoms with E-state index in [1.54, 1.807) is 0 Å². The summed E-state index contributed by atoms with van der Waals surface area (Å²) in [5.74, 6) is 0.261. The zero-order valence-corrected chi connectivity index (χ0v) is 24.6. The van der Waals surface area contributed by atoms with Crippen molar-refractivity contribution in [3.05, 3.63) is 204 Å². The number of benzene rings is 6. The van der Waals surface area contributed by atoms with Gasteiger partial charge in [-0.25, -0.2) is 0 Å². The molecule has 1 unspecified atom stereocenters. The van der Waals surface area contributed by atoms with E-state index in [-0.39, 0.29) is 11.3 Å². The molecule has 6 aromatic carbocycles. The fourth-order valence-electron chi connectivity index (χ4n) is 7.45. The highest BCUT2D eigenvalue weighted by Gasteiger charge is 2.49. The molecule has 0 aromatic heterocycles. The van der Waals surface area contributed by atoms with Gasteiger partial charge >= 0.3 is 0 Å². The molecule has 1 nitrogen and oxygen atoms in total. The summed E-state index contributed by atoms with van der Waals surface area (Å²) in [7, 11) is 0. The second-order valence-electron chi connectivity index (χ2n) is 11.7. The molecule has 2 aliphatic carbocycles. The first-order valence-electron chi connectivity index (χ1n) is 15.5. The van der Waals surface area contributed by atoms with Crippen LogP contribution < -0.4 is 4.90 Å². The molecule has 0 saturated carbocycles. The van der Waals surface area contributed by atoms with Gasteiger partial charge in [0, 0.05) is 17.1 Å². The van der Waals surface area contributed by atoms with Crippen molar-refractivity contribution >= 4 is 11.4 Å². The summed E-state index contributed by atoms with van der Waals surface area (Å²) >= 11 is 0. The van der Waals surface area contributed by atoms with Crippen LogP contribution in [0.25, 0.3) is 22.3 Å². The van der Waals surface area contributed by atoms with E-state index in [1.807, 2.05) is 0 Å². The third-order valence-corrected chi connectivity index (χ3v) is 9.36. The first-order chi connectivity index (χ1) is 21.8. The summed E-state index contributed by atoms with van der Waals surface area (Å²) in [4.78, 5) is 2.38. The normalized spacial score (nSPS) is 16.1. The van der Waals surface area contributed by atoms with Crippen molar-refractivity contribution < 1.29 is 0 Å². The molecule has 0 fully saturated rings. The summed E-state index contributed by atoms with van der Waals surface area (Å²) in [5, 5.41) is 0. The molecule has 0 bridgehead atoms. The molecule has 44 heavy (non-hydrogen) atoms. The van der Waals surface area contributed by atoms with Crippen molar-refractivity contribution in [2.24, 2.45) is 5.92 Å².